The van der Waals surface area contributed by atoms with Crippen molar-refractivity contribution in [2.75, 3.05) is 26.2 Å². The highest BCUT2D eigenvalue weighted by Gasteiger charge is 2.32. The quantitative estimate of drug-likeness (QED) is 0.876. The maximum absolute atomic E-state index is 14.4. The maximum atomic E-state index is 14.4. The molecule has 5 heteroatoms. The summed E-state index contributed by atoms with van der Waals surface area (Å²) in [5.41, 5.74) is 0.864. The molecule has 1 aromatic carbocycles. The standard InChI is InChI=1S/C15H20BrFN2.ClH/c16-13-3-1-2-12(15(13)17)14(10-11-4-5-11)19-8-6-18-7-9-19;/h1-3,11,14,18H,4-10H2;1H/t14-;/m0./s1. The lowest BCUT2D eigenvalue weighted by molar-refractivity contribution is 0.157. The van der Waals surface area contributed by atoms with E-state index in [0.29, 0.717) is 4.47 Å². The molecule has 0 spiro atoms. The van der Waals surface area contributed by atoms with Gasteiger partial charge in [-0.25, -0.2) is 4.39 Å². The van der Waals surface area contributed by atoms with Crippen molar-refractivity contribution in [3.8, 4) is 0 Å². The number of nitrogens with zero attached hydrogens (tertiary/aromatic N) is 1. The normalized spacial score (nSPS) is 21.3. The Labute approximate surface area is 134 Å². The van der Waals surface area contributed by atoms with Crippen LogP contribution >= 0.6 is 28.3 Å². The third kappa shape index (κ3) is 3.73. The highest BCUT2D eigenvalue weighted by Crippen LogP contribution is 2.41. The molecule has 1 saturated heterocycles. The molecule has 0 amide bonds. The van der Waals surface area contributed by atoms with E-state index >= 15 is 0 Å². The molecule has 1 N–H and O–H groups in total. The van der Waals surface area contributed by atoms with Crippen LogP contribution in [0, 0.1) is 11.7 Å². The van der Waals surface area contributed by atoms with Crippen molar-refractivity contribution in [3.05, 3.63) is 34.1 Å². The number of halogens is 3. The van der Waals surface area contributed by atoms with E-state index in [2.05, 4.69) is 26.1 Å². The van der Waals surface area contributed by atoms with E-state index in [-0.39, 0.29) is 24.3 Å². The first-order valence-corrected chi connectivity index (χ1v) is 7.93. The molecular formula is C15H21BrClFN2. The highest BCUT2D eigenvalue weighted by atomic mass is 79.9. The van der Waals surface area contributed by atoms with Crippen LogP contribution in [0.15, 0.2) is 22.7 Å². The lowest BCUT2D eigenvalue weighted by atomic mass is 9.98. The van der Waals surface area contributed by atoms with Gasteiger partial charge in [-0.15, -0.1) is 12.4 Å². The summed E-state index contributed by atoms with van der Waals surface area (Å²) in [7, 11) is 0. The van der Waals surface area contributed by atoms with Gasteiger partial charge >= 0.3 is 0 Å². The first-order chi connectivity index (χ1) is 9.25. The fourth-order valence-corrected chi connectivity index (χ4v) is 3.30. The minimum atomic E-state index is -0.0771. The molecule has 20 heavy (non-hydrogen) atoms. The molecule has 1 aliphatic carbocycles. The topological polar surface area (TPSA) is 15.3 Å². The predicted molar refractivity (Wildman–Crippen MR) is 85.9 cm³/mol. The average Bonchev–Trinajstić information content (AvgIpc) is 3.25. The van der Waals surface area contributed by atoms with Gasteiger partial charge in [-0.05, 0) is 34.3 Å². The summed E-state index contributed by atoms with van der Waals surface area (Å²) in [6.45, 7) is 4.06. The molecule has 1 aromatic rings. The van der Waals surface area contributed by atoms with E-state index in [1.54, 1.807) is 6.07 Å². The van der Waals surface area contributed by atoms with E-state index in [1.165, 1.54) is 12.8 Å². The van der Waals surface area contributed by atoms with Crippen molar-refractivity contribution < 1.29 is 4.39 Å². The minimum absolute atomic E-state index is 0. The van der Waals surface area contributed by atoms with Crippen molar-refractivity contribution >= 4 is 28.3 Å². The number of nitrogens with one attached hydrogen (secondary N) is 1. The Morgan fingerprint density at radius 1 is 1.30 bits per heavy atom. The molecule has 1 aliphatic heterocycles. The van der Waals surface area contributed by atoms with Gasteiger partial charge in [0.1, 0.15) is 5.82 Å². The zero-order chi connectivity index (χ0) is 13.2. The van der Waals surface area contributed by atoms with E-state index in [0.717, 1.165) is 44.1 Å². The molecule has 2 nitrogen and oxygen atoms in total. The van der Waals surface area contributed by atoms with Crippen LogP contribution in [0.4, 0.5) is 4.39 Å². The number of hydrogen-bond acceptors (Lipinski definition) is 2. The van der Waals surface area contributed by atoms with Crippen molar-refractivity contribution in [1.82, 2.24) is 10.2 Å². The summed E-state index contributed by atoms with van der Waals surface area (Å²) in [6.07, 6.45) is 3.74. The Balaban J connectivity index is 0.00000147. The summed E-state index contributed by atoms with van der Waals surface area (Å²) < 4.78 is 15.0. The summed E-state index contributed by atoms with van der Waals surface area (Å²) in [4.78, 5) is 2.44. The Hall–Kier alpha value is -0.160. The lowest BCUT2D eigenvalue weighted by Gasteiger charge is -2.35. The highest BCUT2D eigenvalue weighted by molar-refractivity contribution is 9.10. The smallest absolute Gasteiger partial charge is 0.142 e. The molecule has 2 aliphatic rings. The van der Waals surface area contributed by atoms with Gasteiger partial charge in [-0.1, -0.05) is 25.0 Å². The largest absolute Gasteiger partial charge is 0.314 e. The van der Waals surface area contributed by atoms with Crippen LogP contribution in [-0.4, -0.2) is 31.1 Å². The second-order valence-electron chi connectivity index (χ2n) is 5.62. The molecule has 0 radical (unpaired) electrons. The van der Waals surface area contributed by atoms with Gasteiger partial charge in [0.15, 0.2) is 0 Å². The van der Waals surface area contributed by atoms with E-state index < -0.39 is 0 Å². The van der Waals surface area contributed by atoms with Crippen LogP contribution < -0.4 is 5.32 Å². The zero-order valence-corrected chi connectivity index (χ0v) is 13.9. The van der Waals surface area contributed by atoms with Crippen LogP contribution in [0.2, 0.25) is 0 Å². The molecule has 3 rings (SSSR count). The second kappa shape index (κ2) is 7.21. The van der Waals surface area contributed by atoms with Crippen molar-refractivity contribution in [2.24, 2.45) is 5.92 Å². The molecule has 1 atom stereocenters. The predicted octanol–water partition coefficient (Wildman–Crippen LogP) is 3.76. The molecule has 0 aromatic heterocycles. The molecular weight excluding hydrogens is 343 g/mol. The molecule has 0 bridgehead atoms. The fourth-order valence-electron chi connectivity index (χ4n) is 2.91. The fraction of sp³-hybridized carbons (Fsp3) is 0.600. The first kappa shape index (κ1) is 16.2. The van der Waals surface area contributed by atoms with Gasteiger partial charge in [0, 0.05) is 37.8 Å². The lowest BCUT2D eigenvalue weighted by Crippen LogP contribution is -2.45. The Morgan fingerprint density at radius 3 is 2.65 bits per heavy atom. The molecule has 0 unspecified atom stereocenters. The molecule has 1 heterocycles. The summed E-state index contributed by atoms with van der Waals surface area (Å²) in [5, 5.41) is 3.37. The molecule has 112 valence electrons. The summed E-state index contributed by atoms with van der Waals surface area (Å²) in [5.74, 6) is 0.727. The van der Waals surface area contributed by atoms with Gasteiger partial charge in [-0.2, -0.15) is 0 Å². The van der Waals surface area contributed by atoms with Gasteiger partial charge in [0.2, 0.25) is 0 Å². The minimum Gasteiger partial charge on any atom is -0.314 e. The number of rotatable bonds is 4. The Bertz CT molecular complexity index is 447. The van der Waals surface area contributed by atoms with Crippen molar-refractivity contribution in [3.63, 3.8) is 0 Å². The SMILES string of the molecule is Cl.Fc1c(Br)cccc1[C@H](CC1CC1)N1CCNCC1. The molecule has 1 saturated carbocycles. The van der Waals surface area contributed by atoms with Crippen LogP contribution in [0.3, 0.4) is 0 Å². The summed E-state index contributed by atoms with van der Waals surface area (Å²) in [6, 6.07) is 5.93. The van der Waals surface area contributed by atoms with Crippen LogP contribution in [0.5, 0.6) is 0 Å². The zero-order valence-electron chi connectivity index (χ0n) is 11.4. The van der Waals surface area contributed by atoms with Gasteiger partial charge < -0.3 is 5.32 Å². The average molecular weight is 364 g/mol. The number of hydrogen-bond donors (Lipinski definition) is 1. The first-order valence-electron chi connectivity index (χ1n) is 7.14. The van der Waals surface area contributed by atoms with Crippen LogP contribution in [-0.2, 0) is 0 Å². The Morgan fingerprint density at radius 2 is 2.00 bits per heavy atom. The third-order valence-electron chi connectivity index (χ3n) is 4.19. The van der Waals surface area contributed by atoms with Gasteiger partial charge in [0.05, 0.1) is 4.47 Å². The Kier molecular flexibility index (Phi) is 5.84. The van der Waals surface area contributed by atoms with Crippen molar-refractivity contribution in [2.45, 2.75) is 25.3 Å². The van der Waals surface area contributed by atoms with Gasteiger partial charge in [0.25, 0.3) is 0 Å². The maximum Gasteiger partial charge on any atom is 0.142 e. The number of benzene rings is 1. The summed E-state index contributed by atoms with van der Waals surface area (Å²) >= 11 is 3.31. The van der Waals surface area contributed by atoms with Crippen LogP contribution in [0.1, 0.15) is 30.9 Å². The third-order valence-corrected chi connectivity index (χ3v) is 4.80. The van der Waals surface area contributed by atoms with Crippen LogP contribution in [0.25, 0.3) is 0 Å². The monoisotopic (exact) mass is 362 g/mol. The van der Waals surface area contributed by atoms with Crippen molar-refractivity contribution in [1.29, 1.82) is 0 Å². The molecule has 2 fully saturated rings. The number of piperazine rings is 1. The van der Waals surface area contributed by atoms with Gasteiger partial charge in [-0.3, -0.25) is 4.90 Å². The van der Waals surface area contributed by atoms with E-state index in [9.17, 15) is 4.39 Å². The second-order valence-corrected chi connectivity index (χ2v) is 6.48. The van der Waals surface area contributed by atoms with E-state index in [4.69, 9.17) is 0 Å². The van der Waals surface area contributed by atoms with E-state index in [1.807, 2.05) is 12.1 Å².